The van der Waals surface area contributed by atoms with Crippen molar-refractivity contribution < 1.29 is 4.79 Å². The first-order chi connectivity index (χ1) is 9.12. The molecule has 1 fully saturated rings. The largest absolute Gasteiger partial charge is 0.299 e. The fourth-order valence-electron chi connectivity index (χ4n) is 3.32. The van der Waals surface area contributed by atoms with Crippen molar-refractivity contribution in [2.24, 2.45) is 5.41 Å². The van der Waals surface area contributed by atoms with Crippen molar-refractivity contribution in [2.75, 3.05) is 0 Å². The zero-order valence-corrected chi connectivity index (χ0v) is 12.4. The molecule has 1 heteroatoms. The second-order valence-corrected chi connectivity index (χ2v) is 6.24. The fourth-order valence-corrected chi connectivity index (χ4v) is 3.32. The fraction of sp³-hybridized carbons (Fsp3) is 0.611. The molecule has 0 saturated heterocycles. The maximum Gasteiger partial charge on any atom is 0.135 e. The molecule has 1 nitrogen and oxygen atoms in total. The molecule has 0 N–H and O–H groups in total. The Morgan fingerprint density at radius 3 is 2.16 bits per heavy atom. The molecule has 0 atom stereocenters. The van der Waals surface area contributed by atoms with Gasteiger partial charge in [0.05, 0.1) is 0 Å². The van der Waals surface area contributed by atoms with Crippen LogP contribution in [0.5, 0.6) is 0 Å². The Balaban J connectivity index is 2.04. The van der Waals surface area contributed by atoms with Gasteiger partial charge in [0.2, 0.25) is 0 Å². The van der Waals surface area contributed by atoms with Gasteiger partial charge in [-0.05, 0) is 45.1 Å². The standard InChI is InChI=1S/C18H26O/c1-15-7-9-17(10-8-15)11-14-18(16(2)19)12-5-3-4-6-13-18/h7-10H,3-6,11-14H2,1-2H3. The molecule has 0 aromatic heterocycles. The summed E-state index contributed by atoms with van der Waals surface area (Å²) < 4.78 is 0. The van der Waals surface area contributed by atoms with E-state index in [0.29, 0.717) is 5.78 Å². The summed E-state index contributed by atoms with van der Waals surface area (Å²) in [5.41, 5.74) is 2.65. The quantitative estimate of drug-likeness (QED) is 0.705. The van der Waals surface area contributed by atoms with Gasteiger partial charge in [-0.2, -0.15) is 0 Å². The highest BCUT2D eigenvalue weighted by Gasteiger charge is 2.34. The molecule has 0 radical (unpaired) electrons. The smallest absolute Gasteiger partial charge is 0.135 e. The van der Waals surface area contributed by atoms with Crippen molar-refractivity contribution in [1.29, 1.82) is 0 Å². The highest BCUT2D eigenvalue weighted by molar-refractivity contribution is 5.82. The van der Waals surface area contributed by atoms with Gasteiger partial charge in [0, 0.05) is 5.41 Å². The van der Waals surface area contributed by atoms with Gasteiger partial charge >= 0.3 is 0 Å². The molecular weight excluding hydrogens is 232 g/mol. The third-order valence-corrected chi connectivity index (χ3v) is 4.82. The zero-order valence-electron chi connectivity index (χ0n) is 12.4. The van der Waals surface area contributed by atoms with E-state index in [4.69, 9.17) is 0 Å². The summed E-state index contributed by atoms with van der Waals surface area (Å²) in [4.78, 5) is 12.1. The second kappa shape index (κ2) is 6.36. The van der Waals surface area contributed by atoms with Crippen LogP contribution in [0.25, 0.3) is 0 Å². The third-order valence-electron chi connectivity index (χ3n) is 4.82. The highest BCUT2D eigenvalue weighted by Crippen LogP contribution is 2.39. The predicted octanol–water partition coefficient (Wildman–Crippen LogP) is 4.86. The molecule has 1 aromatic carbocycles. The Bertz CT molecular complexity index is 408. The van der Waals surface area contributed by atoms with Crippen molar-refractivity contribution in [3.8, 4) is 0 Å². The number of hydrogen-bond acceptors (Lipinski definition) is 1. The molecular formula is C18H26O. The Hall–Kier alpha value is -1.11. The maximum atomic E-state index is 12.1. The van der Waals surface area contributed by atoms with Gasteiger partial charge in [-0.25, -0.2) is 0 Å². The van der Waals surface area contributed by atoms with Crippen molar-refractivity contribution in [3.63, 3.8) is 0 Å². The normalized spacial score (nSPS) is 18.8. The monoisotopic (exact) mass is 258 g/mol. The van der Waals surface area contributed by atoms with E-state index in [2.05, 4.69) is 31.2 Å². The lowest BCUT2D eigenvalue weighted by molar-refractivity contribution is -0.127. The van der Waals surface area contributed by atoms with Gasteiger partial charge in [-0.1, -0.05) is 55.5 Å². The molecule has 0 bridgehead atoms. The summed E-state index contributed by atoms with van der Waals surface area (Å²) in [6.07, 6.45) is 9.35. The highest BCUT2D eigenvalue weighted by atomic mass is 16.1. The van der Waals surface area contributed by atoms with Gasteiger partial charge in [0.1, 0.15) is 5.78 Å². The number of hydrogen-bond donors (Lipinski definition) is 0. The van der Waals surface area contributed by atoms with Crippen LogP contribution in [0.15, 0.2) is 24.3 Å². The number of aryl methyl sites for hydroxylation is 2. The van der Waals surface area contributed by atoms with Crippen molar-refractivity contribution in [2.45, 2.75) is 65.2 Å². The molecule has 1 aliphatic carbocycles. The van der Waals surface area contributed by atoms with Gasteiger partial charge in [0.25, 0.3) is 0 Å². The first-order valence-electron chi connectivity index (χ1n) is 7.69. The Labute approximate surface area is 117 Å². The minimum absolute atomic E-state index is 0.0264. The van der Waals surface area contributed by atoms with Crippen LogP contribution in [0.3, 0.4) is 0 Å². The number of rotatable bonds is 4. The van der Waals surface area contributed by atoms with E-state index in [0.717, 1.165) is 25.7 Å². The average molecular weight is 258 g/mol. The van der Waals surface area contributed by atoms with Crippen LogP contribution in [0, 0.1) is 12.3 Å². The van der Waals surface area contributed by atoms with Crippen LogP contribution >= 0.6 is 0 Å². The molecule has 0 spiro atoms. The molecule has 1 aliphatic rings. The lowest BCUT2D eigenvalue weighted by Gasteiger charge is -2.30. The van der Waals surface area contributed by atoms with E-state index < -0.39 is 0 Å². The van der Waals surface area contributed by atoms with Crippen molar-refractivity contribution in [1.82, 2.24) is 0 Å². The summed E-state index contributed by atoms with van der Waals surface area (Å²) in [7, 11) is 0. The predicted molar refractivity (Wildman–Crippen MR) is 80.3 cm³/mol. The molecule has 0 heterocycles. The van der Waals surface area contributed by atoms with Crippen LogP contribution in [0.2, 0.25) is 0 Å². The molecule has 0 unspecified atom stereocenters. The number of carbonyl (C=O) groups excluding carboxylic acids is 1. The SMILES string of the molecule is CC(=O)C1(CCc2ccc(C)cc2)CCCCCC1. The van der Waals surface area contributed by atoms with Crippen LogP contribution < -0.4 is 0 Å². The van der Waals surface area contributed by atoms with Gasteiger partial charge in [-0.15, -0.1) is 0 Å². The molecule has 104 valence electrons. The molecule has 0 amide bonds. The Kier molecular flexibility index (Phi) is 4.79. The van der Waals surface area contributed by atoms with Crippen molar-refractivity contribution >= 4 is 5.78 Å². The third kappa shape index (κ3) is 3.68. The number of Topliss-reactive ketones (excluding diaryl/α,β-unsaturated/α-hetero) is 1. The Morgan fingerprint density at radius 2 is 1.63 bits per heavy atom. The lowest BCUT2D eigenvalue weighted by Crippen LogP contribution is -2.29. The van der Waals surface area contributed by atoms with Crippen LogP contribution in [0.4, 0.5) is 0 Å². The molecule has 0 aliphatic heterocycles. The lowest BCUT2D eigenvalue weighted by atomic mass is 9.73. The van der Waals surface area contributed by atoms with Gasteiger partial charge in [-0.3, -0.25) is 4.79 Å². The average Bonchev–Trinajstić information content (AvgIpc) is 2.65. The molecule has 1 saturated carbocycles. The van der Waals surface area contributed by atoms with Crippen LogP contribution in [0.1, 0.15) is 63.0 Å². The first kappa shape index (κ1) is 14.3. The summed E-state index contributed by atoms with van der Waals surface area (Å²) in [6, 6.07) is 8.76. The van der Waals surface area contributed by atoms with Crippen molar-refractivity contribution in [3.05, 3.63) is 35.4 Å². The summed E-state index contributed by atoms with van der Waals surface area (Å²) >= 11 is 0. The Morgan fingerprint density at radius 1 is 1.05 bits per heavy atom. The van der Waals surface area contributed by atoms with E-state index >= 15 is 0 Å². The first-order valence-corrected chi connectivity index (χ1v) is 7.69. The van der Waals surface area contributed by atoms with Gasteiger partial charge < -0.3 is 0 Å². The van der Waals surface area contributed by atoms with E-state index in [-0.39, 0.29) is 5.41 Å². The summed E-state index contributed by atoms with van der Waals surface area (Å²) in [5, 5.41) is 0. The zero-order chi connectivity index (χ0) is 13.7. The number of benzene rings is 1. The van der Waals surface area contributed by atoms with E-state index in [1.54, 1.807) is 6.92 Å². The second-order valence-electron chi connectivity index (χ2n) is 6.24. The molecule has 1 aromatic rings. The summed E-state index contributed by atoms with van der Waals surface area (Å²) in [6.45, 7) is 3.92. The number of carbonyl (C=O) groups is 1. The van der Waals surface area contributed by atoms with E-state index in [1.807, 2.05) is 0 Å². The minimum Gasteiger partial charge on any atom is -0.299 e. The van der Waals surface area contributed by atoms with E-state index in [1.165, 1.54) is 36.8 Å². The van der Waals surface area contributed by atoms with Crippen LogP contribution in [-0.2, 0) is 11.2 Å². The van der Waals surface area contributed by atoms with Crippen LogP contribution in [-0.4, -0.2) is 5.78 Å². The van der Waals surface area contributed by atoms with Gasteiger partial charge in [0.15, 0.2) is 0 Å². The molecule has 2 rings (SSSR count). The maximum absolute atomic E-state index is 12.1. The van der Waals surface area contributed by atoms with E-state index in [9.17, 15) is 4.79 Å². The number of ketones is 1. The minimum atomic E-state index is -0.0264. The topological polar surface area (TPSA) is 17.1 Å². The molecule has 19 heavy (non-hydrogen) atoms. The summed E-state index contributed by atoms with van der Waals surface area (Å²) in [5.74, 6) is 0.418.